The predicted molar refractivity (Wildman–Crippen MR) is 183 cm³/mol. The summed E-state index contributed by atoms with van der Waals surface area (Å²) in [6.45, 7) is 9.15. The first-order valence-corrected chi connectivity index (χ1v) is 16.2. The van der Waals surface area contributed by atoms with Gasteiger partial charge in [0.25, 0.3) is 0 Å². The minimum Gasteiger partial charge on any atom is -0.434 e. The summed E-state index contributed by atoms with van der Waals surface area (Å²) in [7, 11) is 0. The van der Waals surface area contributed by atoms with Gasteiger partial charge in [-0.05, 0) is 60.0 Å². The van der Waals surface area contributed by atoms with Crippen LogP contribution in [0, 0.1) is 0 Å². The van der Waals surface area contributed by atoms with E-state index in [2.05, 4.69) is 84.9 Å². The highest BCUT2D eigenvalue weighted by Gasteiger charge is 2.59. The molecule has 0 bridgehead atoms. The van der Waals surface area contributed by atoms with Crippen molar-refractivity contribution < 1.29 is 28.4 Å². The predicted octanol–water partition coefficient (Wildman–Crippen LogP) is 9.45. The second kappa shape index (κ2) is 11.1. The zero-order valence-corrected chi connectivity index (χ0v) is 26.5. The van der Waals surface area contributed by atoms with E-state index in [0.29, 0.717) is 49.1 Å². The Kier molecular flexibility index (Phi) is 7.00. The molecular formula is C40H36O6. The van der Waals surface area contributed by atoms with Gasteiger partial charge in [-0.25, -0.2) is 0 Å². The number of rotatable bonds is 8. The molecule has 8 rings (SSSR count). The standard InChI is InChI=1S/C40H36O6/c1-5-41-39(42-6-2)35(33-29-21-13-9-17-25(29)27-19-11-15-23-31(27)37(33)45-39)36-34-30-22-14-10-18-26(30)28-20-12-16-24-32(28)38(34)46-40(36,43-7-3)44-8-4/h9-24H,5-8H2,1-4H3/b36-35-. The van der Waals surface area contributed by atoms with Crippen LogP contribution in [0.4, 0.5) is 0 Å². The van der Waals surface area contributed by atoms with Crippen molar-refractivity contribution >= 4 is 54.2 Å². The van der Waals surface area contributed by atoms with E-state index in [0.717, 1.165) is 54.2 Å². The van der Waals surface area contributed by atoms with Gasteiger partial charge in [-0.3, -0.25) is 0 Å². The lowest BCUT2D eigenvalue weighted by Crippen LogP contribution is -2.45. The zero-order valence-electron chi connectivity index (χ0n) is 26.5. The molecule has 232 valence electrons. The van der Waals surface area contributed by atoms with Crippen molar-refractivity contribution in [3.05, 3.63) is 108 Å². The third-order valence-electron chi connectivity index (χ3n) is 8.94. The Morgan fingerprint density at radius 1 is 0.391 bits per heavy atom. The van der Waals surface area contributed by atoms with Gasteiger partial charge in [0.15, 0.2) is 0 Å². The summed E-state index contributed by atoms with van der Waals surface area (Å²) in [5.41, 5.74) is 3.14. The van der Waals surface area contributed by atoms with Crippen LogP contribution in [0.3, 0.4) is 0 Å². The Morgan fingerprint density at radius 2 is 0.652 bits per heavy atom. The van der Waals surface area contributed by atoms with Gasteiger partial charge in [0.05, 0.1) is 37.6 Å². The highest BCUT2D eigenvalue weighted by atomic mass is 16.9. The van der Waals surface area contributed by atoms with Gasteiger partial charge in [0, 0.05) is 21.9 Å². The molecule has 0 atom stereocenters. The fraction of sp³-hybridized carbons (Fsp3) is 0.250. The van der Waals surface area contributed by atoms with E-state index in [4.69, 9.17) is 28.4 Å². The van der Waals surface area contributed by atoms with Crippen LogP contribution in [0.5, 0.6) is 11.5 Å². The van der Waals surface area contributed by atoms with Crippen LogP contribution in [0.1, 0.15) is 38.8 Å². The topological polar surface area (TPSA) is 55.4 Å². The van der Waals surface area contributed by atoms with Gasteiger partial charge in [-0.2, -0.15) is 0 Å². The van der Waals surface area contributed by atoms with E-state index in [1.54, 1.807) is 0 Å². The lowest BCUT2D eigenvalue weighted by Gasteiger charge is -2.34. The first-order chi connectivity index (χ1) is 22.6. The summed E-state index contributed by atoms with van der Waals surface area (Å²) in [4.78, 5) is 0. The minimum absolute atomic E-state index is 0.336. The third-order valence-corrected chi connectivity index (χ3v) is 8.94. The molecule has 0 aliphatic carbocycles. The maximum Gasteiger partial charge on any atom is 0.357 e. The molecule has 6 aromatic rings. The van der Waals surface area contributed by atoms with Crippen molar-refractivity contribution in [3.8, 4) is 11.5 Å². The van der Waals surface area contributed by atoms with Gasteiger partial charge in [-0.1, -0.05) is 97.1 Å². The molecule has 0 saturated heterocycles. The van der Waals surface area contributed by atoms with Gasteiger partial charge in [-0.15, -0.1) is 0 Å². The van der Waals surface area contributed by atoms with Gasteiger partial charge < -0.3 is 28.4 Å². The Hall–Kier alpha value is -4.46. The van der Waals surface area contributed by atoms with Crippen molar-refractivity contribution in [3.63, 3.8) is 0 Å². The SMILES string of the molecule is CCOC1(OCC)Oc2c(c3ccccc3c3ccccc23)/C1=C1\c2c(c3ccccc3c3ccccc23)OC1(OCC)OCC. The van der Waals surface area contributed by atoms with Gasteiger partial charge in [0.2, 0.25) is 0 Å². The molecule has 0 spiro atoms. The Morgan fingerprint density at radius 3 is 0.957 bits per heavy atom. The van der Waals surface area contributed by atoms with Crippen LogP contribution in [-0.2, 0) is 18.9 Å². The zero-order chi connectivity index (χ0) is 31.5. The highest BCUT2D eigenvalue weighted by Crippen LogP contribution is 2.61. The van der Waals surface area contributed by atoms with Crippen molar-refractivity contribution in [2.75, 3.05) is 26.4 Å². The van der Waals surface area contributed by atoms with E-state index >= 15 is 0 Å². The first kappa shape index (κ1) is 29.0. The van der Waals surface area contributed by atoms with E-state index < -0.39 is 11.9 Å². The molecule has 6 heteroatoms. The highest BCUT2D eigenvalue weighted by molar-refractivity contribution is 6.23. The summed E-state index contributed by atoms with van der Waals surface area (Å²) in [5, 5.41) is 8.34. The second-order valence-electron chi connectivity index (χ2n) is 11.4. The van der Waals surface area contributed by atoms with E-state index in [-0.39, 0.29) is 0 Å². The van der Waals surface area contributed by atoms with Crippen molar-refractivity contribution in [1.82, 2.24) is 0 Å². The third kappa shape index (κ3) is 3.98. The van der Waals surface area contributed by atoms with Gasteiger partial charge in [0.1, 0.15) is 11.5 Å². The summed E-state index contributed by atoms with van der Waals surface area (Å²) < 4.78 is 40.6. The van der Waals surface area contributed by atoms with Crippen LogP contribution in [0.15, 0.2) is 97.1 Å². The molecule has 0 amide bonds. The number of ether oxygens (including phenoxy) is 6. The number of fused-ring (bicyclic) bond motifs is 12. The smallest absolute Gasteiger partial charge is 0.357 e. The van der Waals surface area contributed by atoms with E-state index in [9.17, 15) is 0 Å². The molecular weight excluding hydrogens is 576 g/mol. The number of hydrogen-bond acceptors (Lipinski definition) is 6. The van der Waals surface area contributed by atoms with Crippen LogP contribution in [0.25, 0.3) is 54.2 Å². The maximum atomic E-state index is 7.02. The largest absolute Gasteiger partial charge is 0.434 e. The van der Waals surface area contributed by atoms with Crippen LogP contribution < -0.4 is 9.47 Å². The molecule has 2 heterocycles. The van der Waals surface area contributed by atoms with Crippen LogP contribution in [-0.4, -0.2) is 38.4 Å². The van der Waals surface area contributed by atoms with Crippen molar-refractivity contribution in [1.29, 1.82) is 0 Å². The fourth-order valence-electron chi connectivity index (χ4n) is 7.41. The quantitative estimate of drug-likeness (QED) is 0.126. The van der Waals surface area contributed by atoms with Crippen LogP contribution >= 0.6 is 0 Å². The fourth-order valence-corrected chi connectivity index (χ4v) is 7.41. The lowest BCUT2D eigenvalue weighted by molar-refractivity contribution is -0.302. The summed E-state index contributed by atoms with van der Waals surface area (Å²) in [6, 6.07) is 33.5. The monoisotopic (exact) mass is 612 g/mol. The van der Waals surface area contributed by atoms with Crippen molar-refractivity contribution in [2.45, 2.75) is 39.6 Å². The second-order valence-corrected chi connectivity index (χ2v) is 11.4. The van der Waals surface area contributed by atoms with Gasteiger partial charge >= 0.3 is 11.9 Å². The summed E-state index contributed by atoms with van der Waals surface area (Å²) in [6.07, 6.45) is 0. The Balaban J connectivity index is 1.65. The van der Waals surface area contributed by atoms with E-state index in [1.807, 2.05) is 39.8 Å². The normalized spacial score (nSPS) is 17.8. The Bertz CT molecular complexity index is 2010. The molecule has 0 aromatic heterocycles. The van der Waals surface area contributed by atoms with E-state index in [1.165, 1.54) is 0 Å². The number of benzene rings is 6. The molecule has 2 aliphatic rings. The molecule has 6 aromatic carbocycles. The van der Waals surface area contributed by atoms with Crippen LogP contribution in [0.2, 0.25) is 0 Å². The Labute approximate surface area is 268 Å². The average molecular weight is 613 g/mol. The minimum atomic E-state index is -1.61. The summed E-state index contributed by atoms with van der Waals surface area (Å²) in [5.74, 6) is -1.82. The number of hydrogen-bond donors (Lipinski definition) is 0. The molecule has 6 nitrogen and oxygen atoms in total. The van der Waals surface area contributed by atoms with Crippen molar-refractivity contribution in [2.24, 2.45) is 0 Å². The lowest BCUT2D eigenvalue weighted by atomic mass is 9.85. The molecule has 0 N–H and O–H groups in total. The first-order valence-electron chi connectivity index (χ1n) is 16.2. The molecule has 46 heavy (non-hydrogen) atoms. The molecule has 0 unspecified atom stereocenters. The molecule has 2 aliphatic heterocycles. The molecule has 0 radical (unpaired) electrons. The average Bonchev–Trinajstić information content (AvgIpc) is 3.58. The molecule has 0 fully saturated rings. The summed E-state index contributed by atoms with van der Waals surface area (Å²) >= 11 is 0. The maximum absolute atomic E-state index is 7.02. The molecule has 0 saturated carbocycles.